The first kappa shape index (κ1) is 13.9. The summed E-state index contributed by atoms with van der Waals surface area (Å²) in [6.07, 6.45) is 2.07. The summed E-state index contributed by atoms with van der Waals surface area (Å²) < 4.78 is 5.28. The van der Waals surface area contributed by atoms with Crippen LogP contribution in [0.25, 0.3) is 0 Å². The summed E-state index contributed by atoms with van der Waals surface area (Å²) in [6, 6.07) is 11.7. The summed E-state index contributed by atoms with van der Waals surface area (Å²) in [6.45, 7) is 0.795. The predicted octanol–water partition coefficient (Wildman–Crippen LogP) is 4.13. The zero-order chi connectivity index (χ0) is 14.7. The van der Waals surface area contributed by atoms with Crippen LogP contribution in [-0.4, -0.2) is 24.6 Å². The van der Waals surface area contributed by atoms with Crippen LogP contribution in [0.3, 0.4) is 0 Å². The first-order valence-electron chi connectivity index (χ1n) is 7.03. The Labute approximate surface area is 128 Å². The minimum atomic E-state index is -0.0598. The second kappa shape index (κ2) is 6.18. The third-order valence-electron chi connectivity index (χ3n) is 3.73. The van der Waals surface area contributed by atoms with Crippen molar-refractivity contribution >= 4 is 23.1 Å². The molecule has 1 atom stereocenters. The average Bonchev–Trinajstić information content (AvgIpc) is 3.18. The van der Waals surface area contributed by atoms with E-state index in [1.165, 1.54) is 4.88 Å². The minimum absolute atomic E-state index is 0.0598. The van der Waals surface area contributed by atoms with Gasteiger partial charge in [0, 0.05) is 11.4 Å². The van der Waals surface area contributed by atoms with E-state index in [-0.39, 0.29) is 12.1 Å². The number of carbonyl (C=O) groups excluding carboxylic acids is 1. The molecule has 2 amide bonds. The molecule has 1 fully saturated rings. The van der Waals surface area contributed by atoms with Gasteiger partial charge in [0.05, 0.1) is 18.8 Å². The predicted molar refractivity (Wildman–Crippen MR) is 85.0 cm³/mol. The average molecular weight is 302 g/mol. The van der Waals surface area contributed by atoms with Gasteiger partial charge in [-0.1, -0.05) is 18.2 Å². The van der Waals surface area contributed by atoms with Crippen molar-refractivity contribution in [3.8, 4) is 5.75 Å². The first-order valence-corrected chi connectivity index (χ1v) is 7.91. The van der Waals surface area contributed by atoms with Crippen molar-refractivity contribution in [3.63, 3.8) is 0 Å². The van der Waals surface area contributed by atoms with E-state index in [0.717, 1.165) is 19.4 Å². The van der Waals surface area contributed by atoms with E-state index in [9.17, 15) is 4.79 Å². The number of nitrogens with zero attached hydrogens (tertiary/aromatic N) is 1. The second-order valence-corrected chi connectivity index (χ2v) is 5.98. The number of hydrogen-bond acceptors (Lipinski definition) is 3. The lowest BCUT2D eigenvalue weighted by molar-refractivity contribution is 0.207. The van der Waals surface area contributed by atoms with Crippen molar-refractivity contribution in [1.82, 2.24) is 4.90 Å². The molecular weight excluding hydrogens is 284 g/mol. The molecule has 1 aliphatic rings. The van der Waals surface area contributed by atoms with Gasteiger partial charge < -0.3 is 15.0 Å². The third-order valence-corrected chi connectivity index (χ3v) is 4.71. The molecule has 1 aliphatic heterocycles. The van der Waals surface area contributed by atoms with Gasteiger partial charge in [0.1, 0.15) is 5.75 Å². The summed E-state index contributed by atoms with van der Waals surface area (Å²) in [4.78, 5) is 15.7. The van der Waals surface area contributed by atoms with Crippen LogP contribution in [0, 0.1) is 0 Å². The summed E-state index contributed by atoms with van der Waals surface area (Å²) in [5.74, 6) is 0.678. The molecule has 0 radical (unpaired) electrons. The molecule has 21 heavy (non-hydrogen) atoms. The Morgan fingerprint density at radius 2 is 2.19 bits per heavy atom. The molecule has 2 aromatic rings. The van der Waals surface area contributed by atoms with E-state index in [0.29, 0.717) is 11.4 Å². The standard InChI is InChI=1S/C16H18N2O2S/c1-20-14-8-3-2-6-12(14)17-16(19)18-10-4-7-13(18)15-9-5-11-21-15/h2-3,5-6,8-9,11,13H,4,7,10H2,1H3,(H,17,19)/t13-/m1/s1. The topological polar surface area (TPSA) is 41.6 Å². The number of ether oxygens (including phenoxy) is 1. The third kappa shape index (κ3) is 2.88. The molecule has 0 bridgehead atoms. The quantitative estimate of drug-likeness (QED) is 0.926. The maximum Gasteiger partial charge on any atom is 0.322 e. The van der Waals surface area contributed by atoms with Crippen molar-refractivity contribution in [2.24, 2.45) is 0 Å². The Bertz CT molecular complexity index is 612. The molecule has 0 saturated carbocycles. The fourth-order valence-corrected chi connectivity index (χ4v) is 3.59. The number of methoxy groups -OCH3 is 1. The number of nitrogens with one attached hydrogen (secondary N) is 1. The zero-order valence-electron chi connectivity index (χ0n) is 11.9. The van der Waals surface area contributed by atoms with Crippen LogP contribution in [0.2, 0.25) is 0 Å². The monoisotopic (exact) mass is 302 g/mol. The van der Waals surface area contributed by atoms with Gasteiger partial charge >= 0.3 is 6.03 Å². The van der Waals surface area contributed by atoms with Crippen LogP contribution in [0.4, 0.5) is 10.5 Å². The summed E-state index contributed by atoms with van der Waals surface area (Å²) in [5.41, 5.74) is 0.710. The molecule has 4 nitrogen and oxygen atoms in total. The van der Waals surface area contributed by atoms with Crippen LogP contribution in [-0.2, 0) is 0 Å². The Balaban J connectivity index is 1.75. The van der Waals surface area contributed by atoms with Gasteiger partial charge in [-0.05, 0) is 36.4 Å². The number of likely N-dealkylation sites (tertiary alicyclic amines) is 1. The highest BCUT2D eigenvalue weighted by Crippen LogP contribution is 2.35. The Kier molecular flexibility index (Phi) is 4.10. The molecule has 2 heterocycles. The number of urea groups is 1. The molecule has 110 valence electrons. The maximum absolute atomic E-state index is 12.6. The van der Waals surface area contributed by atoms with E-state index >= 15 is 0 Å². The molecule has 1 aromatic carbocycles. The summed E-state index contributed by atoms with van der Waals surface area (Å²) in [5, 5.41) is 5.02. The van der Waals surface area contributed by atoms with Gasteiger partial charge in [0.15, 0.2) is 0 Å². The maximum atomic E-state index is 12.6. The fourth-order valence-electron chi connectivity index (χ4n) is 2.72. The lowest BCUT2D eigenvalue weighted by Crippen LogP contribution is -2.34. The van der Waals surface area contributed by atoms with Gasteiger partial charge in [-0.3, -0.25) is 0 Å². The highest BCUT2D eigenvalue weighted by molar-refractivity contribution is 7.10. The second-order valence-electron chi connectivity index (χ2n) is 5.00. The number of hydrogen-bond donors (Lipinski definition) is 1. The molecule has 1 N–H and O–H groups in total. The van der Waals surface area contributed by atoms with Crippen LogP contribution >= 0.6 is 11.3 Å². The van der Waals surface area contributed by atoms with Crippen molar-refractivity contribution in [1.29, 1.82) is 0 Å². The van der Waals surface area contributed by atoms with E-state index in [4.69, 9.17) is 4.74 Å². The SMILES string of the molecule is COc1ccccc1NC(=O)N1CCC[C@@H]1c1cccs1. The Hall–Kier alpha value is -2.01. The van der Waals surface area contributed by atoms with E-state index in [1.807, 2.05) is 35.2 Å². The highest BCUT2D eigenvalue weighted by atomic mass is 32.1. The molecule has 0 unspecified atom stereocenters. The fraction of sp³-hybridized carbons (Fsp3) is 0.312. The molecule has 1 aromatic heterocycles. The molecule has 5 heteroatoms. The van der Waals surface area contributed by atoms with Crippen molar-refractivity contribution < 1.29 is 9.53 Å². The molecule has 0 aliphatic carbocycles. The molecule has 3 rings (SSSR count). The molecule has 1 saturated heterocycles. The summed E-state index contributed by atoms with van der Waals surface area (Å²) >= 11 is 1.71. The van der Waals surface area contributed by atoms with Gasteiger partial charge in [-0.25, -0.2) is 4.79 Å². The van der Waals surface area contributed by atoms with Crippen LogP contribution in [0.15, 0.2) is 41.8 Å². The van der Waals surface area contributed by atoms with Gasteiger partial charge in [0.25, 0.3) is 0 Å². The number of anilines is 1. The number of carbonyl (C=O) groups is 1. The number of rotatable bonds is 3. The highest BCUT2D eigenvalue weighted by Gasteiger charge is 2.30. The van der Waals surface area contributed by atoms with Crippen molar-refractivity contribution in [2.75, 3.05) is 19.0 Å². The first-order chi connectivity index (χ1) is 10.3. The number of para-hydroxylation sites is 2. The minimum Gasteiger partial charge on any atom is -0.495 e. The van der Waals surface area contributed by atoms with Crippen LogP contribution in [0.1, 0.15) is 23.8 Å². The molecule has 0 spiro atoms. The van der Waals surface area contributed by atoms with Gasteiger partial charge in [-0.15, -0.1) is 11.3 Å². The van der Waals surface area contributed by atoms with Gasteiger partial charge in [-0.2, -0.15) is 0 Å². The summed E-state index contributed by atoms with van der Waals surface area (Å²) in [7, 11) is 1.61. The number of thiophene rings is 1. The lowest BCUT2D eigenvalue weighted by atomic mass is 10.2. The van der Waals surface area contributed by atoms with Crippen molar-refractivity contribution in [2.45, 2.75) is 18.9 Å². The lowest BCUT2D eigenvalue weighted by Gasteiger charge is -2.24. The Morgan fingerprint density at radius 1 is 1.33 bits per heavy atom. The Morgan fingerprint density at radius 3 is 2.95 bits per heavy atom. The van der Waals surface area contributed by atoms with E-state index in [2.05, 4.69) is 16.8 Å². The molecular formula is C16H18N2O2S. The van der Waals surface area contributed by atoms with E-state index < -0.39 is 0 Å². The van der Waals surface area contributed by atoms with E-state index in [1.54, 1.807) is 18.4 Å². The zero-order valence-corrected chi connectivity index (χ0v) is 12.7. The smallest absolute Gasteiger partial charge is 0.322 e. The number of benzene rings is 1. The largest absolute Gasteiger partial charge is 0.495 e. The normalized spacial score (nSPS) is 17.8. The van der Waals surface area contributed by atoms with Crippen LogP contribution in [0.5, 0.6) is 5.75 Å². The number of amides is 2. The van der Waals surface area contributed by atoms with Gasteiger partial charge in [0.2, 0.25) is 0 Å². The van der Waals surface area contributed by atoms with Crippen LogP contribution < -0.4 is 10.1 Å². The van der Waals surface area contributed by atoms with Crippen molar-refractivity contribution in [3.05, 3.63) is 46.7 Å².